The Kier molecular flexibility index (Phi) is 13.3. The third-order valence-electron chi connectivity index (χ3n) is 10.6. The molecule has 1 aromatic carbocycles. The number of alkyl halides is 3. The largest absolute Gasteiger partial charge is 0.444 e. The average molecular weight is 779 g/mol. The SMILES string of the molecule is CN(C)C(=O)[C@@H](NC(=O)CNC(=O)C(=O)C(CC(F)(F)F)NC(=O)[C@@H]1[C@@H]2[C@H](CN1C(=O)[C@@H](NC(=O)OC(C)(C)C)C1CCCCC1)C2(C)C)c1ccccc1. The van der Waals surface area contributed by atoms with Crippen LogP contribution in [0.2, 0.25) is 0 Å². The van der Waals surface area contributed by atoms with Crippen molar-refractivity contribution in [2.45, 2.75) is 109 Å². The Morgan fingerprint density at radius 1 is 0.927 bits per heavy atom. The summed E-state index contributed by atoms with van der Waals surface area (Å²) in [7, 11) is 2.95. The number of ketones is 1. The highest BCUT2D eigenvalue weighted by molar-refractivity contribution is 6.38. The van der Waals surface area contributed by atoms with Gasteiger partial charge in [0.2, 0.25) is 29.4 Å². The van der Waals surface area contributed by atoms with Crippen molar-refractivity contribution in [2.75, 3.05) is 27.2 Å². The summed E-state index contributed by atoms with van der Waals surface area (Å²) in [5, 5.41) is 9.26. The van der Waals surface area contributed by atoms with E-state index in [0.29, 0.717) is 18.4 Å². The number of alkyl carbamates (subject to hydrolysis) is 1. The third-order valence-corrected chi connectivity index (χ3v) is 10.6. The van der Waals surface area contributed by atoms with E-state index in [1.54, 1.807) is 51.1 Å². The van der Waals surface area contributed by atoms with E-state index < -0.39 is 102 Å². The maximum absolute atomic E-state index is 14.3. The summed E-state index contributed by atoms with van der Waals surface area (Å²) < 4.78 is 46.9. The number of fused-ring (bicyclic) bond motifs is 1. The first-order chi connectivity index (χ1) is 25.5. The van der Waals surface area contributed by atoms with Crippen molar-refractivity contribution < 1.29 is 51.5 Å². The number of nitrogens with zero attached hydrogens (tertiary/aromatic N) is 2. The first-order valence-corrected chi connectivity index (χ1v) is 18.6. The van der Waals surface area contributed by atoms with Crippen molar-refractivity contribution in [2.24, 2.45) is 23.2 Å². The zero-order valence-corrected chi connectivity index (χ0v) is 32.4. The van der Waals surface area contributed by atoms with Gasteiger partial charge in [-0.3, -0.25) is 28.8 Å². The molecule has 4 N–H and O–H groups in total. The Labute approximate surface area is 319 Å². The molecule has 304 valence electrons. The van der Waals surface area contributed by atoms with Crippen LogP contribution in [-0.4, -0.2) is 108 Å². The van der Waals surface area contributed by atoms with E-state index in [-0.39, 0.29) is 18.4 Å². The Bertz CT molecular complexity index is 1620. The molecular weight excluding hydrogens is 725 g/mol. The summed E-state index contributed by atoms with van der Waals surface area (Å²) in [5.41, 5.74) is -0.897. The predicted molar refractivity (Wildman–Crippen MR) is 193 cm³/mol. The average Bonchev–Trinajstić information content (AvgIpc) is 3.40. The predicted octanol–water partition coefficient (Wildman–Crippen LogP) is 3.01. The number of Topliss-reactive ketones (excluding diaryl/α,β-unsaturated/α-hetero) is 1. The topological polar surface area (TPSA) is 183 Å². The van der Waals surface area contributed by atoms with Crippen LogP contribution in [0, 0.1) is 23.2 Å². The number of ether oxygens (including phenoxy) is 1. The van der Waals surface area contributed by atoms with Gasteiger partial charge in [-0.25, -0.2) is 4.79 Å². The lowest BCUT2D eigenvalue weighted by molar-refractivity contribution is -0.155. The van der Waals surface area contributed by atoms with Crippen molar-refractivity contribution in [1.82, 2.24) is 31.1 Å². The second-order valence-electron chi connectivity index (χ2n) is 16.5. The molecule has 17 heteroatoms. The van der Waals surface area contributed by atoms with Gasteiger partial charge >= 0.3 is 12.3 Å². The molecule has 14 nitrogen and oxygen atoms in total. The number of likely N-dealkylation sites (tertiary alicyclic amines) is 1. The number of piperidine rings is 1. The van der Waals surface area contributed by atoms with Gasteiger partial charge < -0.3 is 35.8 Å². The van der Waals surface area contributed by atoms with Crippen LogP contribution in [0.15, 0.2) is 30.3 Å². The minimum atomic E-state index is -5.00. The smallest absolute Gasteiger partial charge is 0.408 e. The summed E-state index contributed by atoms with van der Waals surface area (Å²) in [6.07, 6.45) is -3.87. The van der Waals surface area contributed by atoms with Gasteiger partial charge in [0.1, 0.15) is 29.8 Å². The van der Waals surface area contributed by atoms with Crippen LogP contribution >= 0.6 is 0 Å². The number of rotatable bonds is 13. The number of hydrogen-bond donors (Lipinski definition) is 4. The van der Waals surface area contributed by atoms with E-state index in [2.05, 4.69) is 16.0 Å². The van der Waals surface area contributed by atoms with E-state index in [9.17, 15) is 46.7 Å². The molecule has 0 aromatic heterocycles. The standard InChI is InChI=1S/C38H53F3N6O8/c1-36(2,3)55-35(54)45-28(22-16-12-9-13-17-22)34(53)47-20-23-26(37(23,4)5)29(47)31(50)43-24(18-38(39,40)41)30(49)32(51)42-19-25(48)44-27(33(52)46(6)7)21-14-10-8-11-15-21/h8,10-11,14-15,22-24,26-29H,9,12-13,16-20H2,1-7H3,(H,42,51)(H,43,50)(H,44,48)(H,45,54)/t23-,24?,26-,27-,28-,29-/m0/s1. The number of benzene rings is 1. The maximum Gasteiger partial charge on any atom is 0.408 e. The zero-order valence-electron chi connectivity index (χ0n) is 32.4. The van der Waals surface area contributed by atoms with Crippen LogP contribution in [0.1, 0.15) is 84.7 Å². The minimum Gasteiger partial charge on any atom is -0.444 e. The number of halogens is 3. The van der Waals surface area contributed by atoms with Crippen LogP contribution < -0.4 is 21.3 Å². The molecule has 1 aliphatic heterocycles. The Morgan fingerprint density at radius 2 is 1.55 bits per heavy atom. The van der Waals surface area contributed by atoms with Crippen LogP contribution in [0.4, 0.5) is 18.0 Å². The fourth-order valence-electron chi connectivity index (χ4n) is 7.78. The summed E-state index contributed by atoms with van der Waals surface area (Å²) in [6, 6.07) is 2.29. The molecule has 2 aliphatic carbocycles. The van der Waals surface area contributed by atoms with Gasteiger partial charge in [0.25, 0.3) is 5.91 Å². The Balaban J connectivity index is 1.50. The molecule has 4 rings (SSSR count). The second-order valence-corrected chi connectivity index (χ2v) is 16.5. The molecule has 1 heterocycles. The van der Waals surface area contributed by atoms with Crippen molar-refractivity contribution in [1.29, 1.82) is 0 Å². The second kappa shape index (κ2) is 17.0. The summed E-state index contributed by atoms with van der Waals surface area (Å²) in [5.74, 6) is -7.18. The van der Waals surface area contributed by atoms with Gasteiger partial charge in [0.05, 0.1) is 13.0 Å². The van der Waals surface area contributed by atoms with Gasteiger partial charge in [-0.15, -0.1) is 0 Å². The highest BCUT2D eigenvalue weighted by Crippen LogP contribution is 2.65. The lowest BCUT2D eigenvalue weighted by Gasteiger charge is -2.37. The van der Waals surface area contributed by atoms with Crippen molar-refractivity contribution in [3.8, 4) is 0 Å². The van der Waals surface area contributed by atoms with E-state index in [4.69, 9.17) is 4.74 Å². The number of likely N-dealkylation sites (N-methyl/N-ethyl adjacent to an activating group) is 1. The van der Waals surface area contributed by atoms with Crippen LogP contribution in [0.3, 0.4) is 0 Å². The molecule has 0 radical (unpaired) electrons. The maximum atomic E-state index is 14.3. The van der Waals surface area contributed by atoms with E-state index in [0.717, 1.165) is 19.3 Å². The number of carbonyl (C=O) groups excluding carboxylic acids is 7. The van der Waals surface area contributed by atoms with Gasteiger partial charge in [0, 0.05) is 20.6 Å². The first-order valence-electron chi connectivity index (χ1n) is 18.6. The number of hydrogen-bond acceptors (Lipinski definition) is 8. The van der Waals surface area contributed by atoms with E-state index in [1.807, 2.05) is 19.2 Å². The molecule has 1 aromatic rings. The Hall–Kier alpha value is -4.70. The summed E-state index contributed by atoms with van der Waals surface area (Å²) in [4.78, 5) is 95.5. The summed E-state index contributed by atoms with van der Waals surface area (Å²) in [6.45, 7) is 7.98. The van der Waals surface area contributed by atoms with E-state index in [1.165, 1.54) is 23.9 Å². The van der Waals surface area contributed by atoms with Gasteiger partial charge in [-0.05, 0) is 62.3 Å². The first kappa shape index (κ1) is 43.0. The molecule has 2 saturated carbocycles. The fraction of sp³-hybridized carbons (Fsp3) is 0.658. The number of carbonyl (C=O) groups is 7. The molecule has 0 spiro atoms. The number of nitrogens with one attached hydrogen (secondary N) is 4. The minimum absolute atomic E-state index is 0.0988. The molecule has 55 heavy (non-hydrogen) atoms. The molecule has 0 bridgehead atoms. The van der Waals surface area contributed by atoms with Gasteiger partial charge in [-0.2, -0.15) is 13.2 Å². The molecule has 6 atom stereocenters. The molecular formula is C38H53F3N6O8. The molecule has 1 unspecified atom stereocenters. The van der Waals surface area contributed by atoms with Crippen LogP contribution in [-0.2, 0) is 33.5 Å². The van der Waals surface area contributed by atoms with Crippen molar-refractivity contribution in [3.63, 3.8) is 0 Å². The zero-order chi connectivity index (χ0) is 41.0. The molecule has 6 amide bonds. The lowest BCUT2D eigenvalue weighted by Crippen LogP contribution is -2.60. The molecule has 3 fully saturated rings. The van der Waals surface area contributed by atoms with Gasteiger partial charge in [0.15, 0.2) is 0 Å². The van der Waals surface area contributed by atoms with Crippen molar-refractivity contribution >= 4 is 41.4 Å². The fourth-order valence-corrected chi connectivity index (χ4v) is 7.78. The van der Waals surface area contributed by atoms with Gasteiger partial charge in [-0.1, -0.05) is 63.4 Å². The number of amides is 6. The van der Waals surface area contributed by atoms with Crippen molar-refractivity contribution in [3.05, 3.63) is 35.9 Å². The summed E-state index contributed by atoms with van der Waals surface area (Å²) >= 11 is 0. The highest BCUT2D eigenvalue weighted by atomic mass is 19.4. The normalized spacial score (nSPS) is 22.2. The highest BCUT2D eigenvalue weighted by Gasteiger charge is 2.70. The lowest BCUT2D eigenvalue weighted by atomic mass is 9.83. The van der Waals surface area contributed by atoms with Crippen LogP contribution in [0.5, 0.6) is 0 Å². The molecule has 3 aliphatic rings. The monoisotopic (exact) mass is 778 g/mol. The van der Waals surface area contributed by atoms with E-state index >= 15 is 0 Å². The van der Waals surface area contributed by atoms with Crippen LogP contribution in [0.25, 0.3) is 0 Å². The Morgan fingerprint density at radius 3 is 2.11 bits per heavy atom. The quantitative estimate of drug-likeness (QED) is 0.221. The third kappa shape index (κ3) is 11.0. The molecule has 1 saturated heterocycles.